The van der Waals surface area contributed by atoms with Crippen molar-refractivity contribution in [2.75, 3.05) is 19.5 Å². The average molecular weight is 275 g/mol. The molecule has 0 aliphatic carbocycles. The molecule has 1 heterocycles. The van der Waals surface area contributed by atoms with Crippen LogP contribution < -0.4 is 14.8 Å². The second kappa shape index (κ2) is 6.32. The molecule has 0 saturated carbocycles. The molecule has 5 nitrogen and oxygen atoms in total. The lowest BCUT2D eigenvalue weighted by atomic mass is 10.1. The van der Waals surface area contributed by atoms with E-state index >= 15 is 0 Å². The minimum atomic E-state index is 0.605. The first kappa shape index (κ1) is 14.2. The minimum absolute atomic E-state index is 0.605. The van der Waals surface area contributed by atoms with Crippen LogP contribution in [-0.4, -0.2) is 24.0 Å². The van der Waals surface area contributed by atoms with Crippen molar-refractivity contribution in [3.63, 3.8) is 0 Å². The summed E-state index contributed by atoms with van der Waals surface area (Å²) >= 11 is 0. The van der Waals surface area contributed by atoms with E-state index in [2.05, 4.69) is 17.3 Å². The Morgan fingerprint density at radius 1 is 1.20 bits per heavy atom. The molecular formula is C15H21N3O2. The van der Waals surface area contributed by atoms with Crippen molar-refractivity contribution in [3.8, 4) is 11.5 Å². The van der Waals surface area contributed by atoms with Crippen LogP contribution in [0.25, 0.3) is 0 Å². The molecule has 0 unspecified atom stereocenters. The van der Waals surface area contributed by atoms with E-state index in [1.807, 2.05) is 35.9 Å². The van der Waals surface area contributed by atoms with Crippen molar-refractivity contribution in [3.05, 3.63) is 35.5 Å². The number of ether oxygens (including phenoxy) is 2. The van der Waals surface area contributed by atoms with Crippen molar-refractivity contribution in [2.45, 2.75) is 26.9 Å². The number of nitrogens with one attached hydrogen (secondary N) is 1. The Morgan fingerprint density at radius 3 is 2.35 bits per heavy atom. The van der Waals surface area contributed by atoms with Crippen LogP contribution in [0.2, 0.25) is 0 Å². The van der Waals surface area contributed by atoms with E-state index < -0.39 is 0 Å². The molecular weight excluding hydrogens is 254 g/mol. The van der Waals surface area contributed by atoms with Gasteiger partial charge in [-0.05, 0) is 26.0 Å². The fourth-order valence-corrected chi connectivity index (χ4v) is 2.20. The molecule has 2 aromatic rings. The zero-order valence-corrected chi connectivity index (χ0v) is 12.4. The van der Waals surface area contributed by atoms with Crippen molar-refractivity contribution in [1.82, 2.24) is 9.78 Å². The first-order valence-corrected chi connectivity index (χ1v) is 6.67. The van der Waals surface area contributed by atoms with Crippen LogP contribution in [0.5, 0.6) is 11.5 Å². The zero-order chi connectivity index (χ0) is 14.5. The van der Waals surface area contributed by atoms with Gasteiger partial charge in [-0.15, -0.1) is 0 Å². The van der Waals surface area contributed by atoms with E-state index in [1.165, 1.54) is 0 Å². The van der Waals surface area contributed by atoms with Crippen LogP contribution in [0.4, 0.5) is 5.82 Å². The van der Waals surface area contributed by atoms with Crippen molar-refractivity contribution in [2.24, 2.45) is 0 Å². The van der Waals surface area contributed by atoms with Gasteiger partial charge in [0.05, 0.1) is 19.8 Å². The molecule has 0 aliphatic rings. The van der Waals surface area contributed by atoms with Gasteiger partial charge >= 0.3 is 0 Å². The van der Waals surface area contributed by atoms with E-state index in [-0.39, 0.29) is 0 Å². The fourth-order valence-electron chi connectivity index (χ4n) is 2.20. The Morgan fingerprint density at radius 2 is 1.85 bits per heavy atom. The third kappa shape index (κ3) is 2.87. The summed E-state index contributed by atoms with van der Waals surface area (Å²) in [7, 11) is 3.32. The lowest BCUT2D eigenvalue weighted by Gasteiger charge is -2.13. The number of aromatic nitrogens is 2. The predicted octanol–water partition coefficient (Wildman–Crippen LogP) is 2.84. The highest BCUT2D eigenvalue weighted by molar-refractivity contribution is 5.47. The van der Waals surface area contributed by atoms with Crippen molar-refractivity contribution < 1.29 is 9.47 Å². The van der Waals surface area contributed by atoms with Crippen LogP contribution in [0.1, 0.15) is 18.2 Å². The van der Waals surface area contributed by atoms with E-state index in [4.69, 9.17) is 9.47 Å². The largest absolute Gasteiger partial charge is 0.496 e. The Hall–Kier alpha value is -2.17. The maximum absolute atomic E-state index is 5.38. The summed E-state index contributed by atoms with van der Waals surface area (Å²) in [6.07, 6.45) is 0. The normalized spacial score (nSPS) is 10.4. The summed E-state index contributed by atoms with van der Waals surface area (Å²) < 4.78 is 12.7. The molecule has 0 aliphatic heterocycles. The number of hydrogen-bond donors (Lipinski definition) is 1. The quantitative estimate of drug-likeness (QED) is 0.880. The number of methoxy groups -OCH3 is 2. The molecule has 0 amide bonds. The molecule has 5 heteroatoms. The summed E-state index contributed by atoms with van der Waals surface area (Å²) in [5.41, 5.74) is 2.13. The Bertz CT molecular complexity index is 556. The maximum atomic E-state index is 5.38. The molecule has 20 heavy (non-hydrogen) atoms. The number of anilines is 1. The molecule has 0 bridgehead atoms. The summed E-state index contributed by atoms with van der Waals surface area (Å²) in [6.45, 7) is 5.59. The standard InChI is InChI=1S/C15H21N3O2/c1-5-18-11(2)9-15(17-18)16-10-12-13(19-3)7-6-8-14(12)20-4/h6-9H,5,10H2,1-4H3,(H,16,17). The number of aryl methyl sites for hydroxylation is 2. The molecule has 0 saturated heterocycles. The molecule has 1 aromatic carbocycles. The van der Waals surface area contributed by atoms with Gasteiger partial charge in [-0.2, -0.15) is 5.10 Å². The topological polar surface area (TPSA) is 48.3 Å². The first-order chi connectivity index (χ1) is 9.69. The molecule has 0 atom stereocenters. The van der Waals surface area contributed by atoms with E-state index in [0.717, 1.165) is 35.1 Å². The van der Waals surface area contributed by atoms with Gasteiger partial charge in [-0.3, -0.25) is 4.68 Å². The van der Waals surface area contributed by atoms with Crippen LogP contribution in [0.3, 0.4) is 0 Å². The molecule has 108 valence electrons. The molecule has 0 radical (unpaired) electrons. The second-order valence-corrected chi connectivity index (χ2v) is 4.48. The minimum Gasteiger partial charge on any atom is -0.496 e. The van der Waals surface area contributed by atoms with Crippen LogP contribution in [-0.2, 0) is 13.1 Å². The highest BCUT2D eigenvalue weighted by Crippen LogP contribution is 2.28. The van der Waals surface area contributed by atoms with Gasteiger partial charge in [0.2, 0.25) is 0 Å². The fraction of sp³-hybridized carbons (Fsp3) is 0.400. The Labute approximate surface area is 119 Å². The Balaban J connectivity index is 2.17. The number of rotatable bonds is 6. The van der Waals surface area contributed by atoms with Crippen LogP contribution in [0, 0.1) is 6.92 Å². The Kier molecular flexibility index (Phi) is 4.50. The third-order valence-corrected chi connectivity index (χ3v) is 3.26. The number of nitrogens with zero attached hydrogens (tertiary/aromatic N) is 2. The summed E-state index contributed by atoms with van der Waals surface area (Å²) in [5.74, 6) is 2.48. The predicted molar refractivity (Wildman–Crippen MR) is 79.5 cm³/mol. The average Bonchev–Trinajstić information content (AvgIpc) is 2.84. The van der Waals surface area contributed by atoms with Gasteiger partial charge in [0.25, 0.3) is 0 Å². The maximum Gasteiger partial charge on any atom is 0.148 e. The third-order valence-electron chi connectivity index (χ3n) is 3.26. The van der Waals surface area contributed by atoms with Gasteiger partial charge in [0.15, 0.2) is 0 Å². The molecule has 1 N–H and O–H groups in total. The smallest absolute Gasteiger partial charge is 0.148 e. The van der Waals surface area contributed by atoms with Crippen LogP contribution in [0.15, 0.2) is 24.3 Å². The molecule has 2 rings (SSSR count). The van der Waals surface area contributed by atoms with Crippen molar-refractivity contribution in [1.29, 1.82) is 0 Å². The monoisotopic (exact) mass is 275 g/mol. The number of hydrogen-bond acceptors (Lipinski definition) is 4. The van der Waals surface area contributed by atoms with Gasteiger partial charge in [0, 0.05) is 24.8 Å². The molecule has 0 fully saturated rings. The number of benzene rings is 1. The first-order valence-electron chi connectivity index (χ1n) is 6.67. The van der Waals surface area contributed by atoms with Gasteiger partial charge in [-0.25, -0.2) is 0 Å². The highest BCUT2D eigenvalue weighted by atomic mass is 16.5. The van der Waals surface area contributed by atoms with E-state index in [1.54, 1.807) is 14.2 Å². The molecule has 0 spiro atoms. The van der Waals surface area contributed by atoms with Gasteiger partial charge < -0.3 is 14.8 Å². The van der Waals surface area contributed by atoms with E-state index in [9.17, 15) is 0 Å². The lowest BCUT2D eigenvalue weighted by Crippen LogP contribution is -2.05. The summed E-state index contributed by atoms with van der Waals surface area (Å²) in [6, 6.07) is 7.80. The molecule has 1 aromatic heterocycles. The lowest BCUT2D eigenvalue weighted by molar-refractivity contribution is 0.386. The summed E-state index contributed by atoms with van der Waals surface area (Å²) in [4.78, 5) is 0. The zero-order valence-electron chi connectivity index (χ0n) is 12.4. The SMILES string of the molecule is CCn1nc(NCc2c(OC)cccc2OC)cc1C. The van der Waals surface area contributed by atoms with Gasteiger partial charge in [-0.1, -0.05) is 6.07 Å². The summed E-state index contributed by atoms with van der Waals surface area (Å²) in [5, 5.41) is 7.79. The van der Waals surface area contributed by atoms with Crippen molar-refractivity contribution >= 4 is 5.82 Å². The van der Waals surface area contributed by atoms with Crippen LogP contribution >= 0.6 is 0 Å². The highest BCUT2D eigenvalue weighted by Gasteiger charge is 2.10. The second-order valence-electron chi connectivity index (χ2n) is 4.48. The van der Waals surface area contributed by atoms with E-state index in [0.29, 0.717) is 6.54 Å². The van der Waals surface area contributed by atoms with Gasteiger partial charge in [0.1, 0.15) is 17.3 Å².